The van der Waals surface area contributed by atoms with Crippen LogP contribution in [0.25, 0.3) is 0 Å². The van der Waals surface area contributed by atoms with Crippen molar-refractivity contribution >= 4 is 17.6 Å². The summed E-state index contributed by atoms with van der Waals surface area (Å²) in [5.41, 5.74) is 7.19. The lowest BCUT2D eigenvalue weighted by Gasteiger charge is -2.39. The Kier molecular flexibility index (Phi) is 4.13. The fourth-order valence-corrected chi connectivity index (χ4v) is 4.54. The van der Waals surface area contributed by atoms with Gasteiger partial charge >= 0.3 is 0 Å². The minimum absolute atomic E-state index is 0.145. The number of benzene rings is 1. The lowest BCUT2D eigenvalue weighted by Crippen LogP contribution is -2.46. The van der Waals surface area contributed by atoms with Crippen LogP contribution < -0.4 is 5.73 Å². The van der Waals surface area contributed by atoms with Gasteiger partial charge in [-0.05, 0) is 37.6 Å². The predicted octanol–water partition coefficient (Wildman–Crippen LogP) is 2.72. The minimum Gasteiger partial charge on any atom is -0.409 e. The smallest absolute Gasteiger partial charge is 0.145 e. The van der Waals surface area contributed by atoms with Crippen LogP contribution in [0.2, 0.25) is 0 Å². The van der Waals surface area contributed by atoms with E-state index in [-0.39, 0.29) is 5.41 Å². The van der Waals surface area contributed by atoms with Crippen LogP contribution in [0.3, 0.4) is 0 Å². The van der Waals surface area contributed by atoms with Crippen molar-refractivity contribution in [2.24, 2.45) is 16.3 Å². The molecule has 0 aromatic heterocycles. The zero-order chi connectivity index (χ0) is 14.9. The number of likely N-dealkylation sites (tertiary alicyclic amines) is 1. The molecular formula is C16H23N3OS. The summed E-state index contributed by atoms with van der Waals surface area (Å²) in [4.78, 5) is 3.97. The summed E-state index contributed by atoms with van der Waals surface area (Å²) < 4.78 is 0. The Balaban J connectivity index is 1.60. The van der Waals surface area contributed by atoms with E-state index < -0.39 is 0 Å². The van der Waals surface area contributed by atoms with Gasteiger partial charge in [0.25, 0.3) is 0 Å². The van der Waals surface area contributed by atoms with Crippen LogP contribution in [0.15, 0.2) is 34.3 Å². The largest absolute Gasteiger partial charge is 0.409 e. The average Bonchev–Trinajstić information content (AvgIpc) is 2.92. The Morgan fingerprint density at radius 1 is 1.43 bits per heavy atom. The molecule has 0 amide bonds. The Hall–Kier alpha value is -1.20. The molecule has 0 aliphatic carbocycles. The first-order valence-electron chi connectivity index (χ1n) is 7.54. The number of nitrogens with zero attached hydrogens (tertiary/aromatic N) is 2. The van der Waals surface area contributed by atoms with Crippen LogP contribution in [-0.2, 0) is 0 Å². The van der Waals surface area contributed by atoms with E-state index in [0.717, 1.165) is 32.5 Å². The van der Waals surface area contributed by atoms with Gasteiger partial charge in [0.05, 0.1) is 0 Å². The molecule has 1 unspecified atom stereocenters. The van der Waals surface area contributed by atoms with Gasteiger partial charge in [-0.2, -0.15) is 0 Å². The lowest BCUT2D eigenvalue weighted by atomic mass is 9.79. The fraction of sp³-hybridized carbons (Fsp3) is 0.562. The summed E-state index contributed by atoms with van der Waals surface area (Å²) in [6.45, 7) is 5.27. The van der Waals surface area contributed by atoms with Gasteiger partial charge < -0.3 is 15.8 Å². The number of nitrogens with two attached hydrogens (primary N) is 1. The molecule has 2 aliphatic heterocycles. The highest BCUT2D eigenvalue weighted by Crippen LogP contribution is 2.40. The Morgan fingerprint density at radius 2 is 2.14 bits per heavy atom. The Morgan fingerprint density at radius 3 is 2.86 bits per heavy atom. The van der Waals surface area contributed by atoms with E-state index in [9.17, 15) is 0 Å². The van der Waals surface area contributed by atoms with E-state index in [4.69, 9.17) is 10.9 Å². The van der Waals surface area contributed by atoms with Crippen LogP contribution in [0, 0.1) is 5.41 Å². The van der Waals surface area contributed by atoms with Crippen LogP contribution in [0.1, 0.15) is 31.2 Å². The van der Waals surface area contributed by atoms with Crippen molar-refractivity contribution in [1.29, 1.82) is 0 Å². The molecule has 0 saturated carbocycles. The first kappa shape index (κ1) is 14.7. The monoisotopic (exact) mass is 305 g/mol. The summed E-state index contributed by atoms with van der Waals surface area (Å²) in [5, 5.41) is 12.1. The van der Waals surface area contributed by atoms with Gasteiger partial charge in [0.1, 0.15) is 5.84 Å². The molecule has 3 rings (SSSR count). The molecule has 3 N–H and O–H groups in total. The second-order valence-corrected chi connectivity index (χ2v) is 7.45. The molecule has 1 aromatic rings. The van der Waals surface area contributed by atoms with Crippen molar-refractivity contribution in [3.8, 4) is 0 Å². The zero-order valence-electron chi connectivity index (χ0n) is 12.5. The Labute approximate surface area is 130 Å². The van der Waals surface area contributed by atoms with Gasteiger partial charge in [0.2, 0.25) is 0 Å². The molecule has 0 bridgehead atoms. The summed E-state index contributed by atoms with van der Waals surface area (Å²) in [5.74, 6) is 2.20. The molecule has 5 heteroatoms. The van der Waals surface area contributed by atoms with Crippen molar-refractivity contribution in [2.45, 2.75) is 30.6 Å². The molecule has 1 atom stereocenters. The normalized spacial score (nSPS) is 25.8. The topological polar surface area (TPSA) is 61.9 Å². The molecule has 0 radical (unpaired) electrons. The highest BCUT2D eigenvalue weighted by molar-refractivity contribution is 7.99. The molecular weight excluding hydrogens is 282 g/mol. The van der Waals surface area contributed by atoms with E-state index in [2.05, 4.69) is 41.2 Å². The van der Waals surface area contributed by atoms with Crippen molar-refractivity contribution in [3.63, 3.8) is 0 Å². The summed E-state index contributed by atoms with van der Waals surface area (Å²) in [7, 11) is 0. The van der Waals surface area contributed by atoms with E-state index in [1.807, 2.05) is 11.8 Å². The molecule has 1 aromatic carbocycles. The molecule has 1 fully saturated rings. The lowest BCUT2D eigenvalue weighted by molar-refractivity contribution is 0.154. The van der Waals surface area contributed by atoms with Crippen molar-refractivity contribution in [1.82, 2.24) is 4.90 Å². The maximum Gasteiger partial charge on any atom is 0.145 e. The van der Waals surface area contributed by atoms with Crippen LogP contribution in [0.5, 0.6) is 0 Å². The number of oxime groups is 1. The SMILES string of the molecule is CC1(/C(N)=N/O)CCN(CC2CSc3ccccc32)CC1. The molecule has 1 saturated heterocycles. The first-order valence-corrected chi connectivity index (χ1v) is 8.53. The number of fused-ring (bicyclic) bond motifs is 1. The second-order valence-electron chi connectivity index (χ2n) is 6.39. The Bertz CT molecular complexity index is 538. The van der Waals surface area contributed by atoms with Crippen LogP contribution in [-0.4, -0.2) is 41.3 Å². The highest BCUT2D eigenvalue weighted by Gasteiger charge is 2.35. The third-order valence-corrected chi connectivity index (χ3v) is 6.21. The number of rotatable bonds is 3. The predicted molar refractivity (Wildman–Crippen MR) is 87.1 cm³/mol. The van der Waals surface area contributed by atoms with Crippen LogP contribution in [0.4, 0.5) is 0 Å². The number of hydrogen-bond acceptors (Lipinski definition) is 4. The molecule has 21 heavy (non-hydrogen) atoms. The van der Waals surface area contributed by atoms with Crippen molar-refractivity contribution in [3.05, 3.63) is 29.8 Å². The zero-order valence-corrected chi connectivity index (χ0v) is 13.3. The van der Waals surface area contributed by atoms with E-state index in [0.29, 0.717) is 11.8 Å². The summed E-state index contributed by atoms with van der Waals surface area (Å²) >= 11 is 1.97. The van der Waals surface area contributed by atoms with Crippen molar-refractivity contribution < 1.29 is 5.21 Å². The first-order chi connectivity index (χ1) is 10.1. The van der Waals surface area contributed by atoms with Gasteiger partial charge in [-0.25, -0.2) is 0 Å². The van der Waals surface area contributed by atoms with E-state index >= 15 is 0 Å². The van der Waals surface area contributed by atoms with Gasteiger partial charge in [-0.1, -0.05) is 30.3 Å². The highest BCUT2D eigenvalue weighted by atomic mass is 32.2. The second kappa shape index (κ2) is 5.89. The van der Waals surface area contributed by atoms with Gasteiger partial charge in [-0.3, -0.25) is 0 Å². The summed E-state index contributed by atoms with van der Waals surface area (Å²) in [6, 6.07) is 8.76. The quantitative estimate of drug-likeness (QED) is 0.390. The molecule has 114 valence electrons. The molecule has 2 aliphatic rings. The van der Waals surface area contributed by atoms with Crippen LogP contribution >= 0.6 is 11.8 Å². The van der Waals surface area contributed by atoms with E-state index in [1.165, 1.54) is 16.2 Å². The van der Waals surface area contributed by atoms with Crippen molar-refractivity contribution in [2.75, 3.05) is 25.4 Å². The van der Waals surface area contributed by atoms with Gasteiger partial charge in [0.15, 0.2) is 0 Å². The number of piperidine rings is 1. The minimum atomic E-state index is -0.145. The molecule has 2 heterocycles. The maximum absolute atomic E-state index is 8.90. The standard InChI is InChI=1S/C16H23N3OS/c1-16(15(17)18-20)6-8-19(9-7-16)10-12-11-21-14-5-3-2-4-13(12)14/h2-5,12,20H,6-11H2,1H3,(H2,17,18). The number of amidine groups is 1. The van der Waals surface area contributed by atoms with Gasteiger partial charge in [-0.15, -0.1) is 11.8 Å². The fourth-order valence-electron chi connectivity index (χ4n) is 3.30. The van der Waals surface area contributed by atoms with Gasteiger partial charge in [0, 0.05) is 28.5 Å². The number of thioether (sulfide) groups is 1. The molecule has 4 nitrogen and oxygen atoms in total. The average molecular weight is 305 g/mol. The third-order valence-electron chi connectivity index (χ3n) is 4.96. The molecule has 0 spiro atoms. The maximum atomic E-state index is 8.90. The summed E-state index contributed by atoms with van der Waals surface area (Å²) in [6.07, 6.45) is 1.93. The third kappa shape index (κ3) is 2.90. The number of hydrogen-bond donors (Lipinski definition) is 2. The van der Waals surface area contributed by atoms with E-state index in [1.54, 1.807) is 0 Å².